The van der Waals surface area contributed by atoms with Crippen LogP contribution in [0.15, 0.2) is 48.7 Å². The highest BCUT2D eigenvalue weighted by atomic mass is 35.5. The normalized spacial score (nSPS) is 15.0. The number of hydrogen-bond donors (Lipinski definition) is 1. The molecule has 0 radical (unpaired) electrons. The van der Waals surface area contributed by atoms with Gasteiger partial charge in [0.2, 0.25) is 0 Å². The summed E-state index contributed by atoms with van der Waals surface area (Å²) < 4.78 is 55.0. The van der Waals surface area contributed by atoms with Crippen molar-refractivity contribution in [1.29, 1.82) is 0 Å². The average Bonchev–Trinajstić information content (AvgIpc) is 3.47. The summed E-state index contributed by atoms with van der Waals surface area (Å²) in [5.41, 5.74) is 1.36. The van der Waals surface area contributed by atoms with E-state index < -0.39 is 23.5 Å². The smallest absolute Gasteiger partial charge is 0.360 e. The number of carbonyl (C=O) groups excluding carboxylic acids is 1. The van der Waals surface area contributed by atoms with Gasteiger partial charge < -0.3 is 9.88 Å². The molecule has 0 fully saturated rings. The number of nitrogens with one attached hydrogen (secondary N) is 1. The molecule has 200 valence electrons. The van der Waals surface area contributed by atoms with E-state index in [1.807, 2.05) is 0 Å². The topological polar surface area (TPSA) is 36.1 Å². The highest BCUT2D eigenvalue weighted by Gasteiger charge is 2.31. The predicted molar refractivity (Wildman–Crippen MR) is 143 cm³/mol. The van der Waals surface area contributed by atoms with Gasteiger partial charge in [0.25, 0.3) is 5.91 Å². The first-order valence-corrected chi connectivity index (χ1v) is 13.6. The van der Waals surface area contributed by atoms with E-state index in [4.69, 9.17) is 11.6 Å². The summed E-state index contributed by atoms with van der Waals surface area (Å²) in [7, 11) is 0. The minimum atomic E-state index is -4.46. The fourth-order valence-electron chi connectivity index (χ4n) is 5.14. The molecule has 2 aromatic carbocycles. The standard InChI is InChI=1S/C29H27ClF4N2OS/c1-28(2)9-6-23-19(15-28)13-21(38-23)16-36(11-8-17-4-3-5-20(12-17)29(32,33)34)27(37)24-25(31)22(30)14-18-7-10-35-26(18)24/h3-5,7,10,12-14,35H,6,8-9,11,15-16H2,1-2H3. The van der Waals surface area contributed by atoms with Gasteiger partial charge in [0.05, 0.1) is 22.6 Å². The number of hydrogen-bond acceptors (Lipinski definition) is 2. The van der Waals surface area contributed by atoms with Gasteiger partial charge in [0, 0.05) is 27.9 Å². The minimum Gasteiger partial charge on any atom is -0.360 e. The van der Waals surface area contributed by atoms with Crippen molar-refractivity contribution >= 4 is 39.7 Å². The zero-order valence-corrected chi connectivity index (χ0v) is 22.6. The van der Waals surface area contributed by atoms with Gasteiger partial charge in [-0.05, 0) is 66.5 Å². The first-order chi connectivity index (χ1) is 17.9. The molecule has 5 rings (SSSR count). The van der Waals surface area contributed by atoms with Crippen LogP contribution in [0.1, 0.15) is 57.1 Å². The van der Waals surface area contributed by atoms with Crippen LogP contribution in [0.5, 0.6) is 0 Å². The SMILES string of the molecule is CC1(C)CCc2sc(CN(CCc3cccc(C(F)(F)F)c3)C(=O)c3c(F)c(Cl)cc4cc[nH]c34)cc2C1. The fraction of sp³-hybridized carbons (Fsp3) is 0.345. The van der Waals surface area contributed by atoms with Crippen molar-refractivity contribution in [3.63, 3.8) is 0 Å². The van der Waals surface area contributed by atoms with E-state index in [2.05, 4.69) is 24.9 Å². The number of benzene rings is 2. The maximum Gasteiger partial charge on any atom is 0.416 e. The molecule has 2 heterocycles. The third-order valence-corrected chi connectivity index (χ3v) is 8.66. The second-order valence-electron chi connectivity index (χ2n) is 10.7. The summed E-state index contributed by atoms with van der Waals surface area (Å²) in [5.74, 6) is -1.38. The second-order valence-corrected chi connectivity index (χ2v) is 12.3. The Morgan fingerprint density at radius 3 is 2.74 bits per heavy atom. The number of carbonyl (C=O) groups is 1. The van der Waals surface area contributed by atoms with Crippen molar-refractivity contribution < 1.29 is 22.4 Å². The Morgan fingerprint density at radius 2 is 1.97 bits per heavy atom. The molecule has 1 N–H and O–H groups in total. The lowest BCUT2D eigenvalue weighted by atomic mass is 9.77. The van der Waals surface area contributed by atoms with Gasteiger partial charge >= 0.3 is 6.18 Å². The number of fused-ring (bicyclic) bond motifs is 2. The summed E-state index contributed by atoms with van der Waals surface area (Å²) in [6.45, 7) is 4.82. The number of thiophene rings is 1. The van der Waals surface area contributed by atoms with Crippen LogP contribution in [0.3, 0.4) is 0 Å². The zero-order valence-electron chi connectivity index (χ0n) is 21.0. The van der Waals surface area contributed by atoms with E-state index in [0.29, 0.717) is 16.5 Å². The maximum atomic E-state index is 15.3. The Bertz CT molecular complexity index is 1500. The summed E-state index contributed by atoms with van der Waals surface area (Å²) in [6.07, 6.45) is 0.332. The molecule has 2 aromatic heterocycles. The van der Waals surface area contributed by atoms with E-state index in [1.165, 1.54) is 27.5 Å². The van der Waals surface area contributed by atoms with E-state index in [1.54, 1.807) is 29.7 Å². The number of aromatic amines is 1. The lowest BCUT2D eigenvalue weighted by Gasteiger charge is -2.29. The highest BCUT2D eigenvalue weighted by Crippen LogP contribution is 2.39. The van der Waals surface area contributed by atoms with Gasteiger partial charge in [-0.1, -0.05) is 43.6 Å². The summed E-state index contributed by atoms with van der Waals surface area (Å²) in [6, 6.07) is 10.4. The molecule has 0 aliphatic heterocycles. The number of aryl methyl sites for hydroxylation is 1. The van der Waals surface area contributed by atoms with Gasteiger partial charge in [0.1, 0.15) is 5.56 Å². The Morgan fingerprint density at radius 1 is 1.18 bits per heavy atom. The number of halogens is 5. The van der Waals surface area contributed by atoms with Gasteiger partial charge in [0.15, 0.2) is 5.82 Å². The molecule has 0 bridgehead atoms. The number of rotatable bonds is 6. The Balaban J connectivity index is 1.48. The molecule has 0 saturated carbocycles. The zero-order chi connectivity index (χ0) is 27.2. The Hall–Kier alpha value is -2.84. The first kappa shape index (κ1) is 26.8. The maximum absolute atomic E-state index is 15.3. The molecule has 38 heavy (non-hydrogen) atoms. The molecule has 4 aromatic rings. The fourth-order valence-corrected chi connectivity index (χ4v) is 6.55. The van der Waals surface area contributed by atoms with Crippen molar-refractivity contribution in [2.75, 3.05) is 6.54 Å². The monoisotopic (exact) mass is 562 g/mol. The van der Waals surface area contributed by atoms with E-state index in [0.717, 1.165) is 36.3 Å². The third-order valence-electron chi connectivity index (χ3n) is 7.16. The Labute approximate surface area is 227 Å². The van der Waals surface area contributed by atoms with Crippen LogP contribution in [0.4, 0.5) is 17.6 Å². The molecule has 1 amide bonds. The molecule has 0 saturated heterocycles. The molecule has 3 nitrogen and oxygen atoms in total. The van der Waals surface area contributed by atoms with E-state index >= 15 is 4.39 Å². The van der Waals surface area contributed by atoms with E-state index in [-0.39, 0.29) is 35.5 Å². The minimum absolute atomic E-state index is 0.113. The van der Waals surface area contributed by atoms with Crippen LogP contribution in [-0.2, 0) is 32.0 Å². The number of amides is 1. The van der Waals surface area contributed by atoms with Gasteiger partial charge in [-0.25, -0.2) is 4.39 Å². The molecular formula is C29H27ClF4N2OS. The Kier molecular flexibility index (Phi) is 7.07. The summed E-state index contributed by atoms with van der Waals surface area (Å²) in [4.78, 5) is 20.6. The van der Waals surface area contributed by atoms with Crippen molar-refractivity contribution in [3.8, 4) is 0 Å². The lowest BCUT2D eigenvalue weighted by molar-refractivity contribution is -0.137. The van der Waals surface area contributed by atoms with E-state index in [9.17, 15) is 18.0 Å². The molecule has 9 heteroatoms. The molecule has 0 atom stereocenters. The second kappa shape index (κ2) is 10.0. The van der Waals surface area contributed by atoms with Gasteiger partial charge in [-0.3, -0.25) is 4.79 Å². The van der Waals surface area contributed by atoms with Crippen LogP contribution in [-0.4, -0.2) is 22.3 Å². The third kappa shape index (κ3) is 5.47. The molecule has 1 aliphatic rings. The van der Waals surface area contributed by atoms with Crippen LogP contribution in [0.2, 0.25) is 5.02 Å². The molecule has 0 spiro atoms. The summed E-state index contributed by atoms with van der Waals surface area (Å²) in [5, 5.41) is 0.443. The molecule has 1 aliphatic carbocycles. The van der Waals surface area contributed by atoms with Gasteiger partial charge in [-0.2, -0.15) is 13.2 Å². The van der Waals surface area contributed by atoms with Crippen LogP contribution >= 0.6 is 22.9 Å². The van der Waals surface area contributed by atoms with Crippen LogP contribution in [0.25, 0.3) is 10.9 Å². The van der Waals surface area contributed by atoms with Crippen molar-refractivity contribution in [2.45, 2.75) is 52.3 Å². The van der Waals surface area contributed by atoms with Crippen molar-refractivity contribution in [2.24, 2.45) is 5.41 Å². The molecular weight excluding hydrogens is 536 g/mol. The number of aromatic nitrogens is 1. The van der Waals surface area contributed by atoms with Crippen molar-refractivity contribution in [1.82, 2.24) is 9.88 Å². The number of alkyl halides is 3. The quantitative estimate of drug-likeness (QED) is 0.235. The summed E-state index contributed by atoms with van der Waals surface area (Å²) >= 11 is 7.77. The highest BCUT2D eigenvalue weighted by molar-refractivity contribution is 7.12. The van der Waals surface area contributed by atoms with Crippen molar-refractivity contribution in [3.05, 3.63) is 91.5 Å². The predicted octanol–water partition coefficient (Wildman–Crippen LogP) is 8.44. The largest absolute Gasteiger partial charge is 0.416 e. The van der Waals surface area contributed by atoms with Crippen LogP contribution in [0, 0.1) is 11.2 Å². The van der Waals surface area contributed by atoms with Gasteiger partial charge in [-0.15, -0.1) is 11.3 Å². The number of nitrogens with zero attached hydrogens (tertiary/aromatic N) is 1. The van der Waals surface area contributed by atoms with Crippen LogP contribution < -0.4 is 0 Å². The lowest BCUT2D eigenvalue weighted by Crippen LogP contribution is -2.33. The number of H-pyrrole nitrogens is 1. The molecule has 0 unspecified atom stereocenters. The first-order valence-electron chi connectivity index (χ1n) is 12.4. The average molecular weight is 563 g/mol.